The first-order valence-corrected chi connectivity index (χ1v) is 6.87. The number of aryl methyl sites for hydroxylation is 1. The van der Waals surface area contributed by atoms with E-state index in [1.165, 1.54) is 5.56 Å². The second-order valence-corrected chi connectivity index (χ2v) is 4.84. The molecular weight excluding hydrogens is 232 g/mol. The van der Waals surface area contributed by atoms with E-state index in [0.717, 1.165) is 25.3 Å². The quantitative estimate of drug-likeness (QED) is 0.857. The first-order chi connectivity index (χ1) is 8.31. The number of nitrogens with zero attached hydrogens (tertiary/aromatic N) is 3. The molecular formula is C12H18N4S. The van der Waals surface area contributed by atoms with Gasteiger partial charge in [0.1, 0.15) is 12.2 Å². The SMILES string of the molecule is CCCn1ncnc1CNC(C)c1ccsc1. The van der Waals surface area contributed by atoms with Gasteiger partial charge in [0.15, 0.2) is 0 Å². The smallest absolute Gasteiger partial charge is 0.140 e. The summed E-state index contributed by atoms with van der Waals surface area (Å²) in [5.41, 5.74) is 1.33. The summed E-state index contributed by atoms with van der Waals surface area (Å²) in [4.78, 5) is 4.28. The van der Waals surface area contributed by atoms with Gasteiger partial charge in [0.25, 0.3) is 0 Å². The minimum atomic E-state index is 0.355. The molecule has 1 N–H and O–H groups in total. The molecule has 0 aliphatic rings. The molecule has 2 rings (SSSR count). The molecule has 0 saturated heterocycles. The molecule has 0 aromatic carbocycles. The van der Waals surface area contributed by atoms with E-state index in [4.69, 9.17) is 0 Å². The zero-order valence-electron chi connectivity index (χ0n) is 10.3. The fraction of sp³-hybridized carbons (Fsp3) is 0.500. The van der Waals surface area contributed by atoms with E-state index in [-0.39, 0.29) is 0 Å². The Hall–Kier alpha value is -1.20. The highest BCUT2D eigenvalue weighted by Crippen LogP contribution is 2.15. The Morgan fingerprint density at radius 3 is 3.12 bits per heavy atom. The van der Waals surface area contributed by atoms with Gasteiger partial charge in [0, 0.05) is 12.6 Å². The van der Waals surface area contributed by atoms with Crippen molar-refractivity contribution >= 4 is 11.3 Å². The van der Waals surface area contributed by atoms with Gasteiger partial charge in [-0.15, -0.1) is 0 Å². The van der Waals surface area contributed by atoms with Gasteiger partial charge in [-0.2, -0.15) is 16.4 Å². The van der Waals surface area contributed by atoms with Crippen molar-refractivity contribution < 1.29 is 0 Å². The van der Waals surface area contributed by atoms with Crippen molar-refractivity contribution in [1.29, 1.82) is 0 Å². The number of hydrogen-bond donors (Lipinski definition) is 1. The highest BCUT2D eigenvalue weighted by atomic mass is 32.1. The highest BCUT2D eigenvalue weighted by Gasteiger charge is 2.08. The molecule has 2 aromatic rings. The molecule has 0 fully saturated rings. The van der Waals surface area contributed by atoms with E-state index in [1.807, 2.05) is 4.68 Å². The Kier molecular flexibility index (Phi) is 4.28. The summed E-state index contributed by atoms with van der Waals surface area (Å²) in [7, 11) is 0. The van der Waals surface area contributed by atoms with Crippen molar-refractivity contribution in [3.8, 4) is 0 Å². The predicted octanol–water partition coefficient (Wildman–Crippen LogP) is 2.60. The summed E-state index contributed by atoms with van der Waals surface area (Å²) in [5.74, 6) is 1.01. The lowest BCUT2D eigenvalue weighted by atomic mass is 10.2. The highest BCUT2D eigenvalue weighted by molar-refractivity contribution is 7.07. The van der Waals surface area contributed by atoms with Crippen LogP contribution in [-0.4, -0.2) is 14.8 Å². The standard InChI is InChI=1S/C12H18N4S/c1-3-5-16-12(14-9-15-16)7-13-10(2)11-4-6-17-8-11/h4,6,8-10,13H,3,5,7H2,1-2H3. The Morgan fingerprint density at radius 2 is 2.41 bits per heavy atom. The number of rotatable bonds is 6. The number of aromatic nitrogens is 3. The minimum absolute atomic E-state index is 0.355. The van der Waals surface area contributed by atoms with Gasteiger partial charge in [-0.25, -0.2) is 9.67 Å². The second-order valence-electron chi connectivity index (χ2n) is 4.06. The summed E-state index contributed by atoms with van der Waals surface area (Å²) in [6, 6.07) is 2.51. The van der Waals surface area contributed by atoms with Crippen LogP contribution < -0.4 is 5.32 Å². The van der Waals surface area contributed by atoms with Crippen LogP contribution in [0, 0.1) is 0 Å². The summed E-state index contributed by atoms with van der Waals surface area (Å²) < 4.78 is 1.97. The van der Waals surface area contributed by atoms with Gasteiger partial charge >= 0.3 is 0 Å². The molecule has 0 aliphatic carbocycles. The third-order valence-corrected chi connectivity index (χ3v) is 3.44. The van der Waals surface area contributed by atoms with Crippen LogP contribution in [0.4, 0.5) is 0 Å². The molecule has 5 heteroatoms. The van der Waals surface area contributed by atoms with Crippen molar-refractivity contribution in [3.05, 3.63) is 34.5 Å². The van der Waals surface area contributed by atoms with Gasteiger partial charge < -0.3 is 5.32 Å². The van der Waals surface area contributed by atoms with Crippen LogP contribution in [-0.2, 0) is 13.1 Å². The maximum atomic E-state index is 4.28. The Bertz CT molecular complexity index is 435. The number of hydrogen-bond acceptors (Lipinski definition) is 4. The van der Waals surface area contributed by atoms with Crippen LogP contribution in [0.3, 0.4) is 0 Å². The average Bonchev–Trinajstić information content (AvgIpc) is 2.97. The number of thiophene rings is 1. The molecule has 92 valence electrons. The largest absolute Gasteiger partial charge is 0.303 e. The summed E-state index contributed by atoms with van der Waals surface area (Å²) in [6.45, 7) is 6.01. The maximum absolute atomic E-state index is 4.28. The van der Waals surface area contributed by atoms with Crippen LogP contribution in [0.1, 0.15) is 37.7 Å². The molecule has 4 nitrogen and oxygen atoms in total. The molecule has 0 amide bonds. The van der Waals surface area contributed by atoms with Gasteiger partial charge in [0.2, 0.25) is 0 Å². The fourth-order valence-corrected chi connectivity index (χ4v) is 2.46. The van der Waals surface area contributed by atoms with Crippen molar-refractivity contribution in [2.24, 2.45) is 0 Å². The normalized spacial score (nSPS) is 12.8. The van der Waals surface area contributed by atoms with Crippen LogP contribution in [0.15, 0.2) is 23.2 Å². The topological polar surface area (TPSA) is 42.7 Å². The Morgan fingerprint density at radius 1 is 1.53 bits per heavy atom. The first-order valence-electron chi connectivity index (χ1n) is 5.93. The van der Waals surface area contributed by atoms with Crippen molar-refractivity contribution in [2.45, 2.75) is 39.4 Å². The molecule has 2 aromatic heterocycles. The molecule has 1 atom stereocenters. The van der Waals surface area contributed by atoms with Crippen LogP contribution >= 0.6 is 11.3 Å². The van der Waals surface area contributed by atoms with Crippen molar-refractivity contribution in [3.63, 3.8) is 0 Å². The predicted molar refractivity (Wildman–Crippen MR) is 69.9 cm³/mol. The van der Waals surface area contributed by atoms with E-state index in [2.05, 4.69) is 46.1 Å². The molecule has 1 unspecified atom stereocenters. The van der Waals surface area contributed by atoms with Crippen molar-refractivity contribution in [2.75, 3.05) is 0 Å². The van der Waals surface area contributed by atoms with Gasteiger partial charge in [-0.05, 0) is 35.7 Å². The molecule has 0 spiro atoms. The van der Waals surface area contributed by atoms with E-state index in [9.17, 15) is 0 Å². The first kappa shape index (κ1) is 12.3. The van der Waals surface area contributed by atoms with E-state index < -0.39 is 0 Å². The van der Waals surface area contributed by atoms with Gasteiger partial charge in [-0.3, -0.25) is 0 Å². The fourth-order valence-electron chi connectivity index (χ4n) is 1.71. The molecule has 0 bridgehead atoms. The average molecular weight is 250 g/mol. The zero-order chi connectivity index (χ0) is 12.1. The molecule has 0 saturated carbocycles. The summed E-state index contributed by atoms with van der Waals surface area (Å²) >= 11 is 1.73. The monoisotopic (exact) mass is 250 g/mol. The lowest BCUT2D eigenvalue weighted by molar-refractivity contribution is 0.510. The number of nitrogens with one attached hydrogen (secondary N) is 1. The molecule has 2 heterocycles. The third-order valence-electron chi connectivity index (χ3n) is 2.74. The van der Waals surface area contributed by atoms with Crippen molar-refractivity contribution in [1.82, 2.24) is 20.1 Å². The molecule has 17 heavy (non-hydrogen) atoms. The van der Waals surface area contributed by atoms with Crippen LogP contribution in [0.5, 0.6) is 0 Å². The Balaban J connectivity index is 1.91. The zero-order valence-corrected chi connectivity index (χ0v) is 11.1. The van der Waals surface area contributed by atoms with Gasteiger partial charge in [0.05, 0.1) is 6.54 Å². The lowest BCUT2D eigenvalue weighted by Gasteiger charge is -2.12. The van der Waals surface area contributed by atoms with E-state index in [0.29, 0.717) is 6.04 Å². The summed E-state index contributed by atoms with van der Waals surface area (Å²) in [6.07, 6.45) is 2.71. The Labute approximate surface area is 106 Å². The van der Waals surface area contributed by atoms with Crippen LogP contribution in [0.25, 0.3) is 0 Å². The minimum Gasteiger partial charge on any atom is -0.303 e. The summed E-state index contributed by atoms with van der Waals surface area (Å²) in [5, 5.41) is 12.0. The lowest BCUT2D eigenvalue weighted by Crippen LogP contribution is -2.20. The maximum Gasteiger partial charge on any atom is 0.140 e. The third kappa shape index (κ3) is 3.14. The second kappa shape index (κ2) is 5.93. The van der Waals surface area contributed by atoms with Crippen LogP contribution in [0.2, 0.25) is 0 Å². The van der Waals surface area contributed by atoms with E-state index >= 15 is 0 Å². The molecule has 0 radical (unpaired) electrons. The van der Waals surface area contributed by atoms with Gasteiger partial charge in [-0.1, -0.05) is 6.92 Å². The molecule has 0 aliphatic heterocycles. The van der Waals surface area contributed by atoms with E-state index in [1.54, 1.807) is 17.7 Å².